The molecule has 0 aromatic heterocycles. The summed E-state index contributed by atoms with van der Waals surface area (Å²) in [5, 5.41) is 0. The molecule has 0 N–H and O–H groups in total. The molecule has 0 fully saturated rings. The topological polar surface area (TPSA) is 68.3 Å². The van der Waals surface area contributed by atoms with Crippen LogP contribution in [0.5, 0.6) is 11.5 Å². The van der Waals surface area contributed by atoms with E-state index in [2.05, 4.69) is 0 Å². The van der Waals surface area contributed by atoms with Crippen LogP contribution in [0.1, 0.15) is 24.0 Å². The first-order valence-corrected chi connectivity index (χ1v) is 10.3. The Morgan fingerprint density at radius 2 is 1.71 bits per heavy atom. The molecule has 2 atom stereocenters. The van der Waals surface area contributed by atoms with E-state index in [1.807, 2.05) is 61.5 Å². The summed E-state index contributed by atoms with van der Waals surface area (Å²) in [5.41, 5.74) is 2.70. The number of amides is 1. The van der Waals surface area contributed by atoms with Gasteiger partial charge in [-0.05, 0) is 62.0 Å². The Hall–Kier alpha value is -3.06. The Morgan fingerprint density at radius 1 is 1.06 bits per heavy atom. The number of methoxy groups -OCH3 is 2. The molecular formula is C24H30N2O5. The Kier molecular flexibility index (Phi) is 7.17. The molecule has 7 nitrogen and oxygen atoms in total. The van der Waals surface area contributed by atoms with E-state index in [0.29, 0.717) is 19.5 Å². The first-order valence-electron chi connectivity index (χ1n) is 10.3. The third kappa shape index (κ3) is 5.17. The van der Waals surface area contributed by atoms with Gasteiger partial charge in [0.15, 0.2) is 6.10 Å². The standard InChI is InChI=1S/C24H30N2O5/c1-16(27)31-23-21(17-6-8-19(29-4)9-7-17)15-18-14-20(30-5)10-11-22(18)26(24(23)28)13-12-25(2)3/h6-11,14,21,23H,12-13,15H2,1-5H3/t21-,23+/m0/s1. The van der Waals surface area contributed by atoms with Gasteiger partial charge in [-0.1, -0.05) is 12.1 Å². The van der Waals surface area contributed by atoms with Crippen LogP contribution in [0, 0.1) is 0 Å². The molecule has 0 saturated heterocycles. The summed E-state index contributed by atoms with van der Waals surface area (Å²) < 4.78 is 16.3. The molecular weight excluding hydrogens is 396 g/mol. The highest BCUT2D eigenvalue weighted by molar-refractivity contribution is 6.00. The van der Waals surface area contributed by atoms with Crippen molar-refractivity contribution in [3.63, 3.8) is 0 Å². The summed E-state index contributed by atoms with van der Waals surface area (Å²) in [4.78, 5) is 29.4. The Bertz CT molecular complexity index is 926. The van der Waals surface area contributed by atoms with Crippen LogP contribution in [0.15, 0.2) is 42.5 Å². The van der Waals surface area contributed by atoms with Crippen molar-refractivity contribution in [2.45, 2.75) is 25.4 Å². The fourth-order valence-corrected chi connectivity index (χ4v) is 3.89. The number of ether oxygens (including phenoxy) is 3. The molecule has 0 radical (unpaired) electrons. The predicted molar refractivity (Wildman–Crippen MR) is 119 cm³/mol. The first-order chi connectivity index (χ1) is 14.8. The second kappa shape index (κ2) is 9.83. The van der Waals surface area contributed by atoms with Crippen LogP contribution in [-0.2, 0) is 20.7 Å². The van der Waals surface area contributed by atoms with Crippen molar-refractivity contribution in [3.05, 3.63) is 53.6 Å². The summed E-state index contributed by atoms with van der Waals surface area (Å²) >= 11 is 0. The smallest absolute Gasteiger partial charge is 0.303 e. The van der Waals surface area contributed by atoms with Crippen molar-refractivity contribution >= 4 is 17.6 Å². The molecule has 0 unspecified atom stereocenters. The number of hydrogen-bond acceptors (Lipinski definition) is 6. The molecule has 2 aromatic rings. The molecule has 7 heteroatoms. The van der Waals surface area contributed by atoms with Crippen molar-refractivity contribution < 1.29 is 23.8 Å². The number of rotatable bonds is 7. The van der Waals surface area contributed by atoms with E-state index in [-0.39, 0.29) is 11.8 Å². The molecule has 0 saturated carbocycles. The maximum atomic E-state index is 13.7. The van der Waals surface area contributed by atoms with Crippen molar-refractivity contribution in [1.82, 2.24) is 4.90 Å². The number of esters is 1. The molecule has 1 aliphatic rings. The summed E-state index contributed by atoms with van der Waals surface area (Å²) in [6, 6.07) is 13.3. The van der Waals surface area contributed by atoms with E-state index in [9.17, 15) is 9.59 Å². The Morgan fingerprint density at radius 3 is 2.29 bits per heavy atom. The van der Waals surface area contributed by atoms with Gasteiger partial charge in [-0.15, -0.1) is 0 Å². The van der Waals surface area contributed by atoms with Gasteiger partial charge in [0.05, 0.1) is 14.2 Å². The number of carbonyl (C=O) groups excluding carboxylic acids is 2. The minimum Gasteiger partial charge on any atom is -0.497 e. The van der Waals surface area contributed by atoms with E-state index < -0.39 is 12.1 Å². The van der Waals surface area contributed by atoms with E-state index in [1.165, 1.54) is 6.92 Å². The third-order valence-corrected chi connectivity index (χ3v) is 5.50. The molecule has 0 spiro atoms. The summed E-state index contributed by atoms with van der Waals surface area (Å²) in [6.07, 6.45) is -0.396. The largest absolute Gasteiger partial charge is 0.497 e. The average Bonchev–Trinajstić information content (AvgIpc) is 2.86. The maximum absolute atomic E-state index is 13.7. The van der Waals surface area contributed by atoms with Crippen LogP contribution >= 0.6 is 0 Å². The van der Waals surface area contributed by atoms with Gasteiger partial charge in [0.1, 0.15) is 11.5 Å². The lowest BCUT2D eigenvalue weighted by Crippen LogP contribution is -2.45. The van der Waals surface area contributed by atoms with Gasteiger partial charge in [-0.2, -0.15) is 0 Å². The number of hydrogen-bond donors (Lipinski definition) is 0. The zero-order valence-corrected chi connectivity index (χ0v) is 18.8. The zero-order chi connectivity index (χ0) is 22.5. The number of fused-ring (bicyclic) bond motifs is 1. The van der Waals surface area contributed by atoms with Gasteiger partial charge in [-0.3, -0.25) is 9.59 Å². The highest BCUT2D eigenvalue weighted by Gasteiger charge is 2.40. The van der Waals surface area contributed by atoms with Crippen LogP contribution in [0.25, 0.3) is 0 Å². The lowest BCUT2D eigenvalue weighted by Gasteiger charge is -2.29. The van der Waals surface area contributed by atoms with Gasteiger partial charge in [-0.25, -0.2) is 0 Å². The predicted octanol–water partition coefficient (Wildman–Crippen LogP) is 2.87. The molecule has 166 valence electrons. The van der Waals surface area contributed by atoms with E-state index in [0.717, 1.165) is 28.3 Å². The molecule has 3 rings (SSSR count). The van der Waals surface area contributed by atoms with Gasteiger partial charge < -0.3 is 24.0 Å². The Balaban J connectivity index is 2.11. The number of anilines is 1. The fourth-order valence-electron chi connectivity index (χ4n) is 3.89. The van der Waals surface area contributed by atoms with Gasteiger partial charge in [0, 0.05) is 31.6 Å². The van der Waals surface area contributed by atoms with Gasteiger partial charge in [0.25, 0.3) is 5.91 Å². The van der Waals surface area contributed by atoms with Crippen LogP contribution < -0.4 is 14.4 Å². The van der Waals surface area contributed by atoms with Crippen LogP contribution in [-0.4, -0.2) is 64.3 Å². The molecule has 31 heavy (non-hydrogen) atoms. The molecule has 2 aromatic carbocycles. The molecule has 0 bridgehead atoms. The molecule has 1 amide bonds. The number of carbonyl (C=O) groups is 2. The average molecular weight is 427 g/mol. The number of likely N-dealkylation sites (N-methyl/N-ethyl adjacent to an activating group) is 1. The van der Waals surface area contributed by atoms with Crippen molar-refractivity contribution in [3.8, 4) is 11.5 Å². The Labute approximate surface area is 183 Å². The second-order valence-corrected chi connectivity index (χ2v) is 7.90. The second-order valence-electron chi connectivity index (χ2n) is 7.90. The van der Waals surface area contributed by atoms with E-state index >= 15 is 0 Å². The maximum Gasteiger partial charge on any atom is 0.303 e. The lowest BCUT2D eigenvalue weighted by atomic mass is 9.87. The third-order valence-electron chi connectivity index (χ3n) is 5.50. The van der Waals surface area contributed by atoms with Crippen LogP contribution in [0.2, 0.25) is 0 Å². The minimum absolute atomic E-state index is 0.221. The lowest BCUT2D eigenvalue weighted by molar-refractivity contribution is -0.154. The number of benzene rings is 2. The highest BCUT2D eigenvalue weighted by atomic mass is 16.5. The fraction of sp³-hybridized carbons (Fsp3) is 0.417. The molecule has 0 aliphatic carbocycles. The van der Waals surface area contributed by atoms with Crippen molar-refractivity contribution in [1.29, 1.82) is 0 Å². The summed E-state index contributed by atoms with van der Waals surface area (Å²) in [5.74, 6) is 0.410. The zero-order valence-electron chi connectivity index (χ0n) is 18.8. The van der Waals surface area contributed by atoms with E-state index in [4.69, 9.17) is 14.2 Å². The van der Waals surface area contributed by atoms with Crippen LogP contribution in [0.3, 0.4) is 0 Å². The molecule has 1 aliphatic heterocycles. The quantitative estimate of drug-likeness (QED) is 0.635. The molecule has 1 heterocycles. The monoisotopic (exact) mass is 426 g/mol. The highest BCUT2D eigenvalue weighted by Crippen LogP contribution is 2.38. The SMILES string of the molecule is COc1ccc([C@@H]2Cc3cc(OC)ccc3N(CCN(C)C)C(=O)[C@@H]2OC(C)=O)cc1. The minimum atomic E-state index is -0.925. The summed E-state index contributed by atoms with van der Waals surface area (Å²) in [6.45, 7) is 2.50. The van der Waals surface area contributed by atoms with Gasteiger partial charge >= 0.3 is 5.97 Å². The van der Waals surface area contributed by atoms with Crippen molar-refractivity contribution in [2.24, 2.45) is 0 Å². The first kappa shape index (κ1) is 22.6. The summed E-state index contributed by atoms with van der Waals surface area (Å²) in [7, 11) is 7.15. The van der Waals surface area contributed by atoms with Crippen molar-refractivity contribution in [2.75, 3.05) is 46.3 Å². The van der Waals surface area contributed by atoms with Crippen LogP contribution in [0.4, 0.5) is 5.69 Å². The van der Waals surface area contributed by atoms with E-state index in [1.54, 1.807) is 19.1 Å². The van der Waals surface area contributed by atoms with Gasteiger partial charge in [0.2, 0.25) is 0 Å². The normalized spacial score (nSPS) is 18.4. The number of nitrogens with zero attached hydrogens (tertiary/aromatic N) is 2.